The fraction of sp³-hybridized carbons (Fsp3) is 0.594. The molecule has 234 valence electrons. The molecule has 2 bridgehead atoms. The van der Waals surface area contributed by atoms with Crippen LogP contribution in [0.3, 0.4) is 0 Å². The van der Waals surface area contributed by atoms with Crippen LogP contribution in [0.5, 0.6) is 5.75 Å². The Balaban J connectivity index is 1.16. The second-order valence-corrected chi connectivity index (χ2v) is 15.5. The average molecular weight is 640 g/mol. The lowest BCUT2D eigenvalue weighted by molar-refractivity contribution is -0.156. The van der Waals surface area contributed by atoms with Gasteiger partial charge < -0.3 is 19.7 Å². The van der Waals surface area contributed by atoms with Gasteiger partial charge in [0, 0.05) is 29.1 Å². The number of thiazole rings is 1. The van der Waals surface area contributed by atoms with Crippen molar-refractivity contribution in [1.29, 1.82) is 0 Å². The molecule has 0 radical (unpaired) electrons. The predicted octanol–water partition coefficient (Wildman–Crippen LogP) is 3.80. The predicted molar refractivity (Wildman–Crippen MR) is 164 cm³/mol. The third-order valence-electron chi connectivity index (χ3n) is 10.4. The van der Waals surface area contributed by atoms with E-state index in [0.29, 0.717) is 5.75 Å². The Hall–Kier alpha value is -3.12. The number of hydrogen-bond acceptors (Lipinski definition) is 8. The smallest absolute Gasteiger partial charge is 0.326 e. The van der Waals surface area contributed by atoms with Gasteiger partial charge in [0.15, 0.2) is 6.61 Å². The van der Waals surface area contributed by atoms with E-state index >= 15 is 0 Å². The number of ether oxygens (including phenoxy) is 1. The van der Waals surface area contributed by atoms with Crippen LogP contribution >= 0.6 is 23.1 Å². The largest absolute Gasteiger partial charge is 0.484 e. The van der Waals surface area contributed by atoms with E-state index in [4.69, 9.17) is 4.74 Å². The van der Waals surface area contributed by atoms with Crippen molar-refractivity contribution in [1.82, 2.24) is 14.8 Å². The number of aliphatic carboxylic acids is 1. The molecule has 44 heavy (non-hydrogen) atoms. The van der Waals surface area contributed by atoms with Crippen LogP contribution in [0.25, 0.3) is 0 Å². The summed E-state index contributed by atoms with van der Waals surface area (Å²) in [6.45, 7) is 5.32. The van der Waals surface area contributed by atoms with Crippen LogP contribution in [0.4, 0.5) is 0 Å². The third-order valence-corrected chi connectivity index (χ3v) is 12.9. The number of carboxylic acid groups (broad SMARTS) is 1. The van der Waals surface area contributed by atoms with E-state index in [0.717, 1.165) is 59.1 Å². The number of carbonyl (C=O) groups is 4. The lowest BCUT2D eigenvalue weighted by atomic mass is 9.68. The van der Waals surface area contributed by atoms with Gasteiger partial charge in [0.1, 0.15) is 11.8 Å². The van der Waals surface area contributed by atoms with Crippen molar-refractivity contribution < 1.29 is 29.0 Å². The maximum atomic E-state index is 13.9. The number of nitrogens with zero attached hydrogens (tertiary/aromatic N) is 2. The minimum absolute atomic E-state index is 0.0115. The van der Waals surface area contributed by atoms with E-state index in [1.807, 2.05) is 43.0 Å². The van der Waals surface area contributed by atoms with Crippen molar-refractivity contribution in [3.8, 4) is 5.75 Å². The van der Waals surface area contributed by atoms with Gasteiger partial charge in [-0.25, -0.2) is 4.79 Å². The van der Waals surface area contributed by atoms with Gasteiger partial charge in [0.25, 0.3) is 5.91 Å². The number of thioether (sulfide) groups is 1. The fourth-order valence-corrected chi connectivity index (χ4v) is 11.5. The van der Waals surface area contributed by atoms with E-state index in [9.17, 15) is 29.1 Å². The van der Waals surface area contributed by atoms with Crippen LogP contribution in [-0.2, 0) is 19.2 Å². The van der Waals surface area contributed by atoms with Crippen LogP contribution in [0, 0.1) is 35.5 Å². The van der Waals surface area contributed by atoms with Gasteiger partial charge >= 0.3 is 10.8 Å². The normalized spacial score (nSPS) is 31.2. The number of imide groups is 1. The molecule has 5 aliphatic rings. The monoisotopic (exact) mass is 639 g/mol. The zero-order chi connectivity index (χ0) is 30.9. The summed E-state index contributed by atoms with van der Waals surface area (Å²) in [5.41, 5.74) is 0.993. The molecule has 2 saturated carbocycles. The molecule has 4 fully saturated rings. The van der Waals surface area contributed by atoms with E-state index in [1.165, 1.54) is 11.3 Å². The van der Waals surface area contributed by atoms with Gasteiger partial charge in [0.2, 0.25) is 11.8 Å². The maximum Gasteiger partial charge on any atom is 0.326 e. The number of nitrogens with one attached hydrogen (secondary N) is 1. The Bertz CT molecular complexity index is 1550. The summed E-state index contributed by atoms with van der Waals surface area (Å²) in [6, 6.07) is 6.52. The first kappa shape index (κ1) is 29.6. The van der Waals surface area contributed by atoms with Crippen LogP contribution in [0.2, 0.25) is 0 Å². The molecule has 2 aliphatic carbocycles. The quantitative estimate of drug-likeness (QED) is 0.417. The Kier molecular flexibility index (Phi) is 7.63. The summed E-state index contributed by atoms with van der Waals surface area (Å²) in [5, 5.41) is 10.8. The Morgan fingerprint density at radius 1 is 1.02 bits per heavy atom. The first-order chi connectivity index (χ1) is 21.1. The molecule has 1 aromatic heterocycles. The second kappa shape index (κ2) is 11.3. The Labute approximate surface area is 263 Å². The highest BCUT2D eigenvalue weighted by Crippen LogP contribution is 2.68. The van der Waals surface area contributed by atoms with Gasteiger partial charge in [-0.3, -0.25) is 24.1 Å². The molecule has 0 spiro atoms. The molecular weight excluding hydrogens is 602 g/mol. The number of piperidine rings is 1. The highest BCUT2D eigenvalue weighted by molar-refractivity contribution is 8.00. The van der Waals surface area contributed by atoms with E-state index in [-0.39, 0.29) is 70.5 Å². The average Bonchev–Trinajstić information content (AvgIpc) is 3.74. The standard InChI is InChI=1S/C32H37N3O7S2/c1-15(2)12-20(31(39)40)35-29(37)24-18-13-19(25(24)30(35)38)26-23(18)22(27-28(43-26)33-32(41)44-27)16-6-8-17(9-7-16)42-14-21(36)34-10-4-3-5-11-34/h6-9,15,18-20,22-26H,3-5,10-14H2,1-2H3,(H,33,41)(H,39,40)/t18?,19?,20?,22-,23?,24?,25?,26?/m1/s1. The number of rotatable bonds is 8. The molecule has 1 aromatic carbocycles. The topological polar surface area (TPSA) is 137 Å². The molecular formula is C32H37N3O7S2. The van der Waals surface area contributed by atoms with Gasteiger partial charge in [-0.1, -0.05) is 37.3 Å². The van der Waals surface area contributed by atoms with Crippen molar-refractivity contribution in [2.24, 2.45) is 35.5 Å². The zero-order valence-electron chi connectivity index (χ0n) is 24.8. The second-order valence-electron chi connectivity index (χ2n) is 13.3. The highest BCUT2D eigenvalue weighted by Gasteiger charge is 2.70. The number of carbonyl (C=O) groups excluding carboxylic acids is 3. The molecule has 8 atom stereocenters. The maximum absolute atomic E-state index is 13.9. The van der Waals surface area contributed by atoms with Crippen molar-refractivity contribution in [3.63, 3.8) is 0 Å². The summed E-state index contributed by atoms with van der Waals surface area (Å²) >= 11 is 2.80. The summed E-state index contributed by atoms with van der Waals surface area (Å²) in [4.78, 5) is 71.8. The van der Waals surface area contributed by atoms with Crippen LogP contribution < -0.4 is 9.61 Å². The summed E-state index contributed by atoms with van der Waals surface area (Å²) in [6.07, 6.45) is 4.16. The number of aromatic amines is 1. The van der Waals surface area contributed by atoms with Gasteiger partial charge in [-0.15, -0.1) is 11.8 Å². The van der Waals surface area contributed by atoms with Crippen molar-refractivity contribution >= 4 is 46.8 Å². The van der Waals surface area contributed by atoms with Crippen molar-refractivity contribution in [2.75, 3.05) is 19.7 Å². The van der Waals surface area contributed by atoms with E-state index in [2.05, 4.69) is 4.98 Å². The molecule has 7 rings (SSSR count). The van der Waals surface area contributed by atoms with Crippen molar-refractivity contribution in [3.05, 3.63) is 44.4 Å². The van der Waals surface area contributed by atoms with E-state index < -0.39 is 23.8 Å². The van der Waals surface area contributed by atoms with Crippen molar-refractivity contribution in [2.45, 2.75) is 68.2 Å². The van der Waals surface area contributed by atoms with Crippen LogP contribution in [0.1, 0.15) is 62.3 Å². The third kappa shape index (κ3) is 4.79. The SMILES string of the molecule is CC(C)CC(C(=O)O)N1C(=O)C2C3CC(C2C1=O)C1C3Sc2[nH]c(=O)sc2[C@@H]1c1ccc(OCC(=O)N2CCCCC2)cc1. The van der Waals surface area contributed by atoms with Crippen LogP contribution in [0.15, 0.2) is 34.1 Å². The molecule has 12 heteroatoms. The number of likely N-dealkylation sites (tertiary alicyclic amines) is 2. The fourth-order valence-electron chi connectivity index (χ4n) is 8.63. The number of amides is 3. The molecule has 2 aromatic rings. The molecule has 3 aliphatic heterocycles. The minimum atomic E-state index is -1.15. The number of carboxylic acids is 1. The van der Waals surface area contributed by atoms with Gasteiger partial charge in [-0.2, -0.15) is 0 Å². The molecule has 7 unspecified atom stereocenters. The molecule has 3 amide bonds. The number of hydrogen-bond donors (Lipinski definition) is 2. The van der Waals surface area contributed by atoms with Gasteiger partial charge in [0.05, 0.1) is 16.9 Å². The molecule has 2 N–H and O–H groups in total. The highest BCUT2D eigenvalue weighted by atomic mass is 32.2. The summed E-state index contributed by atoms with van der Waals surface area (Å²) in [7, 11) is 0. The number of aromatic nitrogens is 1. The minimum Gasteiger partial charge on any atom is -0.484 e. The van der Waals surface area contributed by atoms with Gasteiger partial charge in [-0.05, 0) is 73.5 Å². The lowest BCUT2D eigenvalue weighted by Crippen LogP contribution is -2.47. The first-order valence-corrected chi connectivity index (χ1v) is 17.3. The summed E-state index contributed by atoms with van der Waals surface area (Å²) < 4.78 is 5.85. The molecule has 2 saturated heterocycles. The number of H-pyrrole nitrogens is 1. The van der Waals surface area contributed by atoms with Crippen LogP contribution in [-0.4, -0.2) is 74.6 Å². The first-order valence-electron chi connectivity index (χ1n) is 15.6. The number of fused-ring (bicyclic) bond motifs is 9. The van der Waals surface area contributed by atoms with E-state index in [1.54, 1.807) is 11.8 Å². The lowest BCUT2D eigenvalue weighted by Gasteiger charge is -2.43. The Morgan fingerprint density at radius 3 is 2.36 bits per heavy atom. The Morgan fingerprint density at radius 2 is 1.70 bits per heavy atom. The number of benzene rings is 1. The zero-order valence-corrected chi connectivity index (χ0v) is 26.4. The molecule has 10 nitrogen and oxygen atoms in total. The summed E-state index contributed by atoms with van der Waals surface area (Å²) in [5.74, 6) is -2.59. The molecule has 4 heterocycles.